The molecule has 2 aliphatic rings. The molecule has 0 saturated heterocycles. The average molecular weight is 408 g/mol. The van der Waals surface area contributed by atoms with Gasteiger partial charge in [-0.05, 0) is 67.6 Å². The van der Waals surface area contributed by atoms with E-state index in [1.807, 2.05) is 54.6 Å². The molecule has 2 fully saturated rings. The summed E-state index contributed by atoms with van der Waals surface area (Å²) in [7, 11) is 0. The third kappa shape index (κ3) is 4.86. The maximum Gasteiger partial charge on any atom is 0.253 e. The quantitative estimate of drug-likeness (QED) is 0.672. The normalized spacial score (nSPS) is 29.1. The second kappa shape index (κ2) is 8.81. The van der Waals surface area contributed by atoms with Crippen LogP contribution in [0.2, 0.25) is 0 Å². The molecule has 2 aliphatic carbocycles. The third-order valence-electron chi connectivity index (χ3n) is 6.91. The topological polar surface area (TPSA) is 58.6 Å². The summed E-state index contributed by atoms with van der Waals surface area (Å²) in [5, 5.41) is 13.9. The van der Waals surface area contributed by atoms with E-state index in [4.69, 9.17) is 4.74 Å². The highest BCUT2D eigenvalue weighted by molar-refractivity contribution is 5.94. The lowest BCUT2D eigenvalue weighted by Gasteiger charge is -2.48. The molecule has 4 nitrogen and oxygen atoms in total. The molecule has 2 bridgehead atoms. The van der Waals surface area contributed by atoms with Crippen LogP contribution in [0.25, 0.3) is 0 Å². The van der Waals surface area contributed by atoms with Gasteiger partial charge in [0.15, 0.2) is 0 Å². The summed E-state index contributed by atoms with van der Waals surface area (Å²) in [5.41, 5.74) is 1.39. The minimum Gasteiger partial charge on any atom is -0.489 e. The Kier molecular flexibility index (Phi) is 6.14. The number of ether oxygens (including phenoxy) is 1. The standard InChI is InChI=1S/C26H33NO3/c1-18-11-20-13-21(12-18)16-26(2,15-20)24(28)25(29)27-22-9-6-10-23(14-22)30-17-19-7-4-3-5-8-19/h3-10,14,18,20-21,24,28H,11-13,15-17H2,1-2H3,(H,27,29). The predicted molar refractivity (Wildman–Crippen MR) is 119 cm³/mol. The van der Waals surface area contributed by atoms with Crippen LogP contribution in [-0.4, -0.2) is 17.1 Å². The van der Waals surface area contributed by atoms with Crippen LogP contribution in [0.5, 0.6) is 5.75 Å². The summed E-state index contributed by atoms with van der Waals surface area (Å²) in [6.07, 6.45) is 4.58. The monoisotopic (exact) mass is 407 g/mol. The Labute approximate surface area is 179 Å². The predicted octanol–water partition coefficient (Wildman–Crippen LogP) is 5.42. The number of aliphatic hydroxyl groups excluding tert-OH is 1. The fraction of sp³-hybridized carbons (Fsp3) is 0.500. The number of hydrogen-bond donors (Lipinski definition) is 2. The van der Waals surface area contributed by atoms with Gasteiger partial charge in [-0.15, -0.1) is 0 Å². The van der Waals surface area contributed by atoms with Crippen molar-refractivity contribution in [3.8, 4) is 5.75 Å². The van der Waals surface area contributed by atoms with Crippen molar-refractivity contribution in [1.82, 2.24) is 0 Å². The van der Waals surface area contributed by atoms with Gasteiger partial charge in [-0.2, -0.15) is 0 Å². The Morgan fingerprint density at radius 2 is 1.80 bits per heavy atom. The van der Waals surface area contributed by atoms with Gasteiger partial charge < -0.3 is 15.2 Å². The highest BCUT2D eigenvalue weighted by Crippen LogP contribution is 2.51. The van der Waals surface area contributed by atoms with Crippen LogP contribution in [0.3, 0.4) is 0 Å². The van der Waals surface area contributed by atoms with Crippen molar-refractivity contribution in [2.75, 3.05) is 5.32 Å². The van der Waals surface area contributed by atoms with Gasteiger partial charge in [-0.1, -0.05) is 50.2 Å². The van der Waals surface area contributed by atoms with Crippen molar-refractivity contribution < 1.29 is 14.6 Å². The first kappa shape index (κ1) is 20.9. The van der Waals surface area contributed by atoms with Gasteiger partial charge in [-0.25, -0.2) is 0 Å². The Morgan fingerprint density at radius 1 is 1.10 bits per heavy atom. The van der Waals surface area contributed by atoms with Crippen LogP contribution in [0.4, 0.5) is 5.69 Å². The van der Waals surface area contributed by atoms with Gasteiger partial charge in [0.05, 0.1) is 0 Å². The molecule has 4 heteroatoms. The highest BCUT2D eigenvalue weighted by Gasteiger charge is 2.46. The molecule has 0 spiro atoms. The fourth-order valence-corrected chi connectivity index (χ4v) is 5.79. The number of benzene rings is 2. The molecule has 2 aromatic carbocycles. The summed E-state index contributed by atoms with van der Waals surface area (Å²) in [6.45, 7) is 4.89. The SMILES string of the molecule is CC1CC2CC(C1)CC(C)(C(O)C(=O)Nc1cccc(OCc3ccccc3)c1)C2. The van der Waals surface area contributed by atoms with Crippen molar-refractivity contribution >= 4 is 11.6 Å². The summed E-state index contributed by atoms with van der Waals surface area (Å²) in [6, 6.07) is 17.4. The molecule has 0 heterocycles. The first-order chi connectivity index (χ1) is 14.4. The summed E-state index contributed by atoms with van der Waals surface area (Å²) in [5.74, 6) is 2.41. The number of nitrogens with one attached hydrogen (secondary N) is 1. The lowest BCUT2D eigenvalue weighted by Crippen LogP contribution is -2.48. The first-order valence-electron chi connectivity index (χ1n) is 11.2. The molecule has 2 N–H and O–H groups in total. The van der Waals surface area contributed by atoms with Crippen LogP contribution >= 0.6 is 0 Å². The van der Waals surface area contributed by atoms with E-state index in [1.165, 1.54) is 19.3 Å². The van der Waals surface area contributed by atoms with E-state index in [2.05, 4.69) is 19.2 Å². The zero-order chi connectivity index (χ0) is 21.1. The number of carbonyl (C=O) groups excluding carboxylic acids is 1. The Balaban J connectivity index is 1.37. The molecule has 4 rings (SSSR count). The molecule has 3 unspecified atom stereocenters. The lowest BCUT2D eigenvalue weighted by atomic mass is 9.58. The van der Waals surface area contributed by atoms with E-state index in [1.54, 1.807) is 0 Å². The van der Waals surface area contributed by atoms with Crippen molar-refractivity contribution in [2.24, 2.45) is 23.2 Å². The van der Waals surface area contributed by atoms with Crippen LogP contribution in [0, 0.1) is 23.2 Å². The Bertz CT molecular complexity index is 848. The van der Waals surface area contributed by atoms with E-state index in [9.17, 15) is 9.90 Å². The number of anilines is 1. The summed E-state index contributed by atoms with van der Waals surface area (Å²) >= 11 is 0. The van der Waals surface area contributed by atoms with E-state index in [0.717, 1.165) is 24.3 Å². The molecule has 2 aromatic rings. The maximum absolute atomic E-state index is 12.9. The first-order valence-corrected chi connectivity index (χ1v) is 11.2. The third-order valence-corrected chi connectivity index (χ3v) is 6.91. The molecule has 0 radical (unpaired) electrons. The van der Waals surface area contributed by atoms with E-state index < -0.39 is 6.10 Å². The molecule has 30 heavy (non-hydrogen) atoms. The number of hydrogen-bond acceptors (Lipinski definition) is 3. The van der Waals surface area contributed by atoms with E-state index in [0.29, 0.717) is 29.9 Å². The second-order valence-corrected chi connectivity index (χ2v) is 9.80. The number of amides is 1. The number of fused-ring (bicyclic) bond motifs is 2. The largest absolute Gasteiger partial charge is 0.489 e. The zero-order valence-corrected chi connectivity index (χ0v) is 18.0. The van der Waals surface area contributed by atoms with E-state index in [-0.39, 0.29) is 11.3 Å². The maximum atomic E-state index is 12.9. The molecule has 160 valence electrons. The van der Waals surface area contributed by atoms with Crippen LogP contribution < -0.4 is 10.1 Å². The zero-order valence-electron chi connectivity index (χ0n) is 18.0. The van der Waals surface area contributed by atoms with Crippen molar-refractivity contribution in [1.29, 1.82) is 0 Å². The smallest absolute Gasteiger partial charge is 0.253 e. The lowest BCUT2D eigenvalue weighted by molar-refractivity contribution is -0.135. The molecular formula is C26H33NO3. The van der Waals surface area contributed by atoms with Crippen LogP contribution in [0.15, 0.2) is 54.6 Å². The van der Waals surface area contributed by atoms with Crippen LogP contribution in [0.1, 0.15) is 51.5 Å². The van der Waals surface area contributed by atoms with Crippen molar-refractivity contribution in [3.63, 3.8) is 0 Å². The molecule has 1 amide bonds. The molecule has 0 aromatic heterocycles. The van der Waals surface area contributed by atoms with Gasteiger partial charge in [0.1, 0.15) is 18.5 Å². The summed E-state index contributed by atoms with van der Waals surface area (Å²) in [4.78, 5) is 12.9. The minimum atomic E-state index is -0.995. The molecular weight excluding hydrogens is 374 g/mol. The minimum absolute atomic E-state index is 0.314. The Hall–Kier alpha value is -2.33. The van der Waals surface area contributed by atoms with Crippen molar-refractivity contribution in [2.45, 2.75) is 58.7 Å². The molecule has 2 saturated carbocycles. The van der Waals surface area contributed by atoms with Crippen LogP contribution in [-0.2, 0) is 11.4 Å². The fourth-order valence-electron chi connectivity index (χ4n) is 5.79. The van der Waals surface area contributed by atoms with Gasteiger partial charge in [0, 0.05) is 17.2 Å². The van der Waals surface area contributed by atoms with Crippen molar-refractivity contribution in [3.05, 3.63) is 60.2 Å². The number of aliphatic hydroxyl groups is 1. The van der Waals surface area contributed by atoms with Gasteiger partial charge in [-0.3, -0.25) is 4.79 Å². The Morgan fingerprint density at radius 3 is 2.50 bits per heavy atom. The second-order valence-electron chi connectivity index (χ2n) is 9.80. The molecule has 3 atom stereocenters. The number of carbonyl (C=O) groups is 1. The number of rotatable bonds is 6. The summed E-state index contributed by atoms with van der Waals surface area (Å²) < 4.78 is 5.86. The highest BCUT2D eigenvalue weighted by atomic mass is 16.5. The van der Waals surface area contributed by atoms with Gasteiger partial charge in [0.2, 0.25) is 0 Å². The van der Waals surface area contributed by atoms with Gasteiger partial charge >= 0.3 is 0 Å². The molecule has 0 aliphatic heterocycles. The average Bonchev–Trinajstić information content (AvgIpc) is 2.71. The van der Waals surface area contributed by atoms with Gasteiger partial charge in [0.25, 0.3) is 5.91 Å². The van der Waals surface area contributed by atoms with E-state index >= 15 is 0 Å².